The zero-order chi connectivity index (χ0) is 10.3. The van der Waals surface area contributed by atoms with Gasteiger partial charge in [0.25, 0.3) is 0 Å². The third kappa shape index (κ3) is 1.68. The van der Waals surface area contributed by atoms with Gasteiger partial charge < -0.3 is 4.74 Å². The second kappa shape index (κ2) is 3.61. The average molecular weight is 207 g/mol. The van der Waals surface area contributed by atoms with Crippen LogP contribution in [0.2, 0.25) is 0 Å². The van der Waals surface area contributed by atoms with Gasteiger partial charge in [0.05, 0.1) is 31.0 Å². The summed E-state index contributed by atoms with van der Waals surface area (Å²) in [6, 6.07) is 3.32. The number of rotatable bonds is 2. The zero-order valence-corrected chi connectivity index (χ0v) is 9.09. The van der Waals surface area contributed by atoms with E-state index in [9.17, 15) is 0 Å². The molecule has 4 heteroatoms. The highest BCUT2D eigenvalue weighted by atomic mass is 16.5. The molecule has 0 radical (unpaired) electrons. The van der Waals surface area contributed by atoms with Crippen molar-refractivity contribution >= 4 is 0 Å². The summed E-state index contributed by atoms with van der Waals surface area (Å²) in [5.74, 6) is 0. The third-order valence-corrected chi connectivity index (χ3v) is 3.45. The van der Waals surface area contributed by atoms with Gasteiger partial charge in [-0.05, 0) is 19.4 Å². The monoisotopic (exact) mass is 207 g/mol. The second-order valence-corrected chi connectivity index (χ2v) is 4.57. The number of ether oxygens (including phenoxy) is 1. The Labute approximate surface area is 89.8 Å². The maximum atomic E-state index is 5.23. The van der Waals surface area contributed by atoms with Crippen LogP contribution in [0.1, 0.15) is 18.2 Å². The van der Waals surface area contributed by atoms with Crippen LogP contribution in [-0.2, 0) is 4.74 Å². The van der Waals surface area contributed by atoms with Gasteiger partial charge in [-0.3, -0.25) is 9.58 Å². The van der Waals surface area contributed by atoms with Gasteiger partial charge in [0.1, 0.15) is 0 Å². The lowest BCUT2D eigenvalue weighted by atomic mass is 10.2. The molecule has 3 heterocycles. The average Bonchev–Trinajstić information content (AvgIpc) is 2.70. The first-order chi connectivity index (χ1) is 7.33. The van der Waals surface area contributed by atoms with Crippen LogP contribution in [-0.4, -0.2) is 47.0 Å². The van der Waals surface area contributed by atoms with Crippen molar-refractivity contribution in [1.29, 1.82) is 0 Å². The molecule has 2 fully saturated rings. The Morgan fingerprint density at radius 3 is 2.87 bits per heavy atom. The smallest absolute Gasteiger partial charge is 0.0658 e. The molecular formula is C11H17N3O. The Bertz CT molecular complexity index is 345. The first-order valence-corrected chi connectivity index (χ1v) is 5.66. The lowest BCUT2D eigenvalue weighted by molar-refractivity contribution is -0.0579. The van der Waals surface area contributed by atoms with E-state index < -0.39 is 0 Å². The summed E-state index contributed by atoms with van der Waals surface area (Å²) in [7, 11) is 0. The number of likely N-dealkylation sites (tertiary alicyclic amines) is 1. The SMILES string of the molecule is Cc1ccn([C@H]2CCN(C3COC3)C2)n1. The highest BCUT2D eigenvalue weighted by Gasteiger charge is 2.33. The molecule has 82 valence electrons. The molecule has 0 N–H and O–H groups in total. The van der Waals surface area contributed by atoms with E-state index in [1.807, 2.05) is 6.92 Å². The Kier molecular flexibility index (Phi) is 2.25. The number of aryl methyl sites for hydroxylation is 1. The summed E-state index contributed by atoms with van der Waals surface area (Å²) in [4.78, 5) is 2.53. The van der Waals surface area contributed by atoms with E-state index in [0.29, 0.717) is 12.1 Å². The number of aromatic nitrogens is 2. The Balaban J connectivity index is 1.65. The van der Waals surface area contributed by atoms with Crippen molar-refractivity contribution < 1.29 is 4.74 Å². The largest absolute Gasteiger partial charge is 0.378 e. The molecule has 0 bridgehead atoms. The van der Waals surface area contributed by atoms with Crippen molar-refractivity contribution in [2.45, 2.75) is 25.4 Å². The van der Waals surface area contributed by atoms with Gasteiger partial charge in [0.2, 0.25) is 0 Å². The van der Waals surface area contributed by atoms with Gasteiger partial charge >= 0.3 is 0 Å². The molecule has 1 aromatic heterocycles. The van der Waals surface area contributed by atoms with Crippen LogP contribution in [0.15, 0.2) is 12.3 Å². The molecule has 4 nitrogen and oxygen atoms in total. The van der Waals surface area contributed by atoms with Crippen LogP contribution in [0.4, 0.5) is 0 Å². The lowest BCUT2D eigenvalue weighted by Gasteiger charge is -2.34. The van der Waals surface area contributed by atoms with Crippen LogP contribution in [0.25, 0.3) is 0 Å². The molecule has 2 saturated heterocycles. The highest BCUT2D eigenvalue weighted by molar-refractivity contribution is 4.98. The van der Waals surface area contributed by atoms with Crippen molar-refractivity contribution in [3.8, 4) is 0 Å². The zero-order valence-electron chi connectivity index (χ0n) is 9.09. The van der Waals surface area contributed by atoms with Crippen molar-refractivity contribution in [1.82, 2.24) is 14.7 Å². The number of hydrogen-bond donors (Lipinski definition) is 0. The van der Waals surface area contributed by atoms with E-state index in [0.717, 1.165) is 25.5 Å². The van der Waals surface area contributed by atoms with Crippen LogP contribution in [0.3, 0.4) is 0 Å². The Morgan fingerprint density at radius 2 is 2.27 bits per heavy atom. The van der Waals surface area contributed by atoms with Gasteiger partial charge in [0.15, 0.2) is 0 Å². The van der Waals surface area contributed by atoms with E-state index in [2.05, 4.69) is 26.9 Å². The second-order valence-electron chi connectivity index (χ2n) is 4.57. The van der Waals surface area contributed by atoms with Gasteiger partial charge in [-0.15, -0.1) is 0 Å². The molecule has 0 saturated carbocycles. The molecule has 1 atom stereocenters. The first-order valence-electron chi connectivity index (χ1n) is 5.66. The van der Waals surface area contributed by atoms with Gasteiger partial charge in [-0.1, -0.05) is 0 Å². The summed E-state index contributed by atoms with van der Waals surface area (Å²) in [5, 5.41) is 4.49. The van der Waals surface area contributed by atoms with Crippen LogP contribution in [0, 0.1) is 6.92 Å². The highest BCUT2D eigenvalue weighted by Crippen LogP contribution is 2.25. The standard InChI is InChI=1S/C11H17N3O/c1-9-2-5-14(12-9)10-3-4-13(6-10)11-7-15-8-11/h2,5,10-11H,3-4,6-8H2,1H3/t10-/m0/s1. The Hall–Kier alpha value is -0.870. The van der Waals surface area contributed by atoms with E-state index in [4.69, 9.17) is 4.74 Å². The van der Waals surface area contributed by atoms with E-state index in [1.54, 1.807) is 0 Å². The molecular weight excluding hydrogens is 190 g/mol. The molecule has 1 aromatic rings. The fraction of sp³-hybridized carbons (Fsp3) is 0.727. The summed E-state index contributed by atoms with van der Waals surface area (Å²) >= 11 is 0. The summed E-state index contributed by atoms with van der Waals surface area (Å²) in [6.07, 6.45) is 3.32. The fourth-order valence-corrected chi connectivity index (χ4v) is 2.39. The minimum absolute atomic E-state index is 0.569. The van der Waals surface area contributed by atoms with Crippen LogP contribution < -0.4 is 0 Å². The Morgan fingerprint density at radius 1 is 1.40 bits per heavy atom. The molecule has 0 unspecified atom stereocenters. The minimum atomic E-state index is 0.569. The maximum Gasteiger partial charge on any atom is 0.0658 e. The van der Waals surface area contributed by atoms with E-state index in [1.165, 1.54) is 13.0 Å². The normalized spacial score (nSPS) is 28.2. The molecule has 3 rings (SSSR count). The van der Waals surface area contributed by atoms with Crippen molar-refractivity contribution in [2.24, 2.45) is 0 Å². The lowest BCUT2D eigenvalue weighted by Crippen LogP contribution is -2.47. The number of nitrogens with zero attached hydrogens (tertiary/aromatic N) is 3. The summed E-state index contributed by atoms with van der Waals surface area (Å²) < 4.78 is 7.35. The molecule has 0 aliphatic carbocycles. The van der Waals surface area contributed by atoms with Gasteiger partial charge in [-0.2, -0.15) is 5.10 Å². The van der Waals surface area contributed by atoms with Gasteiger partial charge in [-0.25, -0.2) is 0 Å². The maximum absolute atomic E-state index is 5.23. The number of hydrogen-bond acceptors (Lipinski definition) is 3. The topological polar surface area (TPSA) is 30.3 Å². The van der Waals surface area contributed by atoms with Crippen molar-refractivity contribution in [3.05, 3.63) is 18.0 Å². The fourth-order valence-electron chi connectivity index (χ4n) is 2.39. The third-order valence-electron chi connectivity index (χ3n) is 3.45. The molecule has 0 aromatic carbocycles. The van der Waals surface area contributed by atoms with E-state index >= 15 is 0 Å². The molecule has 0 spiro atoms. The first kappa shape index (κ1) is 9.36. The predicted octanol–water partition coefficient (Wildman–Crippen LogP) is 0.837. The summed E-state index contributed by atoms with van der Waals surface area (Å²) in [5.41, 5.74) is 1.11. The predicted molar refractivity (Wildman–Crippen MR) is 56.8 cm³/mol. The molecule has 2 aliphatic heterocycles. The van der Waals surface area contributed by atoms with E-state index in [-0.39, 0.29) is 0 Å². The van der Waals surface area contributed by atoms with Crippen LogP contribution >= 0.6 is 0 Å². The summed E-state index contributed by atoms with van der Waals surface area (Å²) in [6.45, 7) is 6.21. The molecule has 2 aliphatic rings. The van der Waals surface area contributed by atoms with Gasteiger partial charge in [0, 0.05) is 19.3 Å². The minimum Gasteiger partial charge on any atom is -0.378 e. The molecule has 15 heavy (non-hydrogen) atoms. The van der Waals surface area contributed by atoms with Crippen molar-refractivity contribution in [2.75, 3.05) is 26.3 Å². The quantitative estimate of drug-likeness (QED) is 0.720. The van der Waals surface area contributed by atoms with Crippen LogP contribution in [0.5, 0.6) is 0 Å². The molecule has 0 amide bonds. The van der Waals surface area contributed by atoms with Crippen molar-refractivity contribution in [3.63, 3.8) is 0 Å².